The third-order valence-electron chi connectivity index (χ3n) is 3.10. The average Bonchev–Trinajstić information content (AvgIpc) is 2.71. The van der Waals surface area contributed by atoms with Crippen LogP contribution in [0.4, 0.5) is 17.2 Å². The molecule has 1 unspecified atom stereocenters. The van der Waals surface area contributed by atoms with Crippen molar-refractivity contribution in [3.8, 4) is 0 Å². The highest BCUT2D eigenvalue weighted by Crippen LogP contribution is 2.32. The van der Waals surface area contributed by atoms with Gasteiger partial charge in [-0.15, -0.1) is 0 Å². The van der Waals surface area contributed by atoms with Gasteiger partial charge in [0.05, 0.1) is 11.7 Å². The maximum Gasteiger partial charge on any atom is 0.324 e. The molecule has 1 atom stereocenters. The van der Waals surface area contributed by atoms with Crippen LogP contribution in [0.25, 0.3) is 6.08 Å². The van der Waals surface area contributed by atoms with Gasteiger partial charge in [-0.05, 0) is 37.3 Å². The van der Waals surface area contributed by atoms with Gasteiger partial charge in [-0.2, -0.15) is 0 Å². The first kappa shape index (κ1) is 10.7. The minimum atomic E-state index is -0.195. The number of nitrogen functional groups attached to an aromatic ring is 1. The summed E-state index contributed by atoms with van der Waals surface area (Å²) in [5, 5.41) is 0. The number of aromatic nitrogens is 2. The molecular formula is C13H14N4O. The number of imidazole rings is 1. The third-order valence-corrected chi connectivity index (χ3v) is 3.10. The van der Waals surface area contributed by atoms with E-state index in [-0.39, 0.29) is 11.7 Å². The van der Waals surface area contributed by atoms with Gasteiger partial charge in [0.25, 0.3) is 0 Å². The first-order valence-electron chi connectivity index (χ1n) is 5.80. The molecule has 18 heavy (non-hydrogen) atoms. The summed E-state index contributed by atoms with van der Waals surface area (Å²) in [7, 11) is 0. The Kier molecular flexibility index (Phi) is 2.26. The van der Waals surface area contributed by atoms with Crippen LogP contribution in [0, 0.1) is 0 Å². The van der Waals surface area contributed by atoms with Crippen molar-refractivity contribution in [2.24, 2.45) is 0 Å². The second-order valence-corrected chi connectivity index (χ2v) is 4.40. The van der Waals surface area contributed by atoms with E-state index in [9.17, 15) is 4.79 Å². The molecule has 0 spiro atoms. The lowest BCUT2D eigenvalue weighted by molar-refractivity contribution is 0.844. The third kappa shape index (κ3) is 1.60. The van der Waals surface area contributed by atoms with Gasteiger partial charge in [0, 0.05) is 11.4 Å². The first-order valence-corrected chi connectivity index (χ1v) is 5.80. The van der Waals surface area contributed by atoms with Gasteiger partial charge in [0.2, 0.25) is 0 Å². The number of anilines is 3. The highest BCUT2D eigenvalue weighted by atomic mass is 16.1. The van der Waals surface area contributed by atoms with E-state index in [0.29, 0.717) is 0 Å². The smallest absolute Gasteiger partial charge is 0.324 e. The van der Waals surface area contributed by atoms with Crippen LogP contribution in [-0.4, -0.2) is 16.0 Å². The summed E-state index contributed by atoms with van der Waals surface area (Å²) < 4.78 is 0. The number of hydrogen-bond acceptors (Lipinski definition) is 3. The van der Waals surface area contributed by atoms with Crippen molar-refractivity contribution in [1.29, 1.82) is 0 Å². The Hall–Kier alpha value is -2.43. The molecule has 0 bridgehead atoms. The molecule has 5 nitrogen and oxygen atoms in total. The minimum absolute atomic E-state index is 0.174. The standard InChI is InChI=1S/C13H14N4O/c1-8-2-7-11-12(16-13(18)15-11)17(8)10-5-3-9(14)4-6-10/h2-8H,14H2,1H3,(H2,15,16,18). The summed E-state index contributed by atoms with van der Waals surface area (Å²) in [6.45, 7) is 2.07. The number of aromatic amines is 2. The molecule has 0 aliphatic carbocycles. The Morgan fingerprint density at radius 2 is 1.94 bits per heavy atom. The molecule has 0 saturated heterocycles. The van der Waals surface area contributed by atoms with Crippen molar-refractivity contribution < 1.29 is 0 Å². The summed E-state index contributed by atoms with van der Waals surface area (Å²) in [4.78, 5) is 19.1. The predicted molar refractivity (Wildman–Crippen MR) is 72.9 cm³/mol. The lowest BCUT2D eigenvalue weighted by atomic mass is 10.1. The quantitative estimate of drug-likeness (QED) is 0.668. The number of hydrogen-bond donors (Lipinski definition) is 3. The number of nitrogens with zero attached hydrogens (tertiary/aromatic N) is 1. The van der Waals surface area contributed by atoms with Crippen LogP contribution < -0.4 is 16.3 Å². The van der Waals surface area contributed by atoms with E-state index in [2.05, 4.69) is 21.8 Å². The zero-order valence-electron chi connectivity index (χ0n) is 9.97. The van der Waals surface area contributed by atoms with Crippen molar-refractivity contribution in [3.05, 3.63) is 46.5 Å². The van der Waals surface area contributed by atoms with Crippen LogP contribution in [0.5, 0.6) is 0 Å². The molecule has 0 fully saturated rings. The van der Waals surface area contributed by atoms with Crippen molar-refractivity contribution in [2.75, 3.05) is 10.6 Å². The molecule has 0 radical (unpaired) electrons. The second kappa shape index (κ2) is 3.80. The Balaban J connectivity index is 2.12. The minimum Gasteiger partial charge on any atom is -0.399 e. The van der Waals surface area contributed by atoms with E-state index in [1.807, 2.05) is 36.4 Å². The average molecular weight is 242 g/mol. The molecule has 1 aliphatic rings. The molecular weight excluding hydrogens is 228 g/mol. The second-order valence-electron chi connectivity index (χ2n) is 4.40. The highest BCUT2D eigenvalue weighted by Gasteiger charge is 2.23. The Morgan fingerprint density at radius 1 is 1.22 bits per heavy atom. The Bertz CT molecular complexity index is 650. The van der Waals surface area contributed by atoms with Gasteiger partial charge in [0.15, 0.2) is 0 Å². The van der Waals surface area contributed by atoms with E-state index in [1.54, 1.807) is 0 Å². The predicted octanol–water partition coefficient (Wildman–Crippen LogP) is 1.84. The van der Waals surface area contributed by atoms with Crippen LogP contribution in [0.3, 0.4) is 0 Å². The summed E-state index contributed by atoms with van der Waals surface area (Å²) in [5.41, 5.74) is 8.02. The van der Waals surface area contributed by atoms with E-state index in [4.69, 9.17) is 5.73 Å². The van der Waals surface area contributed by atoms with Gasteiger partial charge in [0.1, 0.15) is 5.82 Å². The number of benzene rings is 1. The lowest BCUT2D eigenvalue weighted by Crippen LogP contribution is -2.29. The van der Waals surface area contributed by atoms with Gasteiger partial charge >= 0.3 is 5.69 Å². The summed E-state index contributed by atoms with van der Waals surface area (Å²) in [6.07, 6.45) is 3.97. The van der Waals surface area contributed by atoms with Crippen molar-refractivity contribution >= 4 is 23.3 Å². The van der Waals surface area contributed by atoms with Crippen LogP contribution in [0.2, 0.25) is 0 Å². The van der Waals surface area contributed by atoms with Crippen molar-refractivity contribution in [2.45, 2.75) is 13.0 Å². The number of H-pyrrole nitrogens is 2. The fourth-order valence-corrected chi connectivity index (χ4v) is 2.22. The normalized spacial score (nSPS) is 17.8. The fourth-order valence-electron chi connectivity index (χ4n) is 2.22. The molecule has 2 heterocycles. The topological polar surface area (TPSA) is 77.9 Å². The fraction of sp³-hybridized carbons (Fsp3) is 0.154. The molecule has 3 rings (SSSR count). The summed E-state index contributed by atoms with van der Waals surface area (Å²) in [5.74, 6) is 0.791. The number of fused-ring (bicyclic) bond motifs is 1. The summed E-state index contributed by atoms with van der Waals surface area (Å²) in [6, 6.07) is 7.77. The van der Waals surface area contributed by atoms with E-state index in [0.717, 1.165) is 22.9 Å². The molecule has 1 aromatic heterocycles. The molecule has 92 valence electrons. The van der Waals surface area contributed by atoms with Gasteiger partial charge in [-0.25, -0.2) is 4.79 Å². The molecule has 2 aromatic rings. The maximum atomic E-state index is 11.4. The molecule has 0 amide bonds. The molecule has 1 aromatic carbocycles. The van der Waals surface area contributed by atoms with E-state index >= 15 is 0 Å². The highest BCUT2D eigenvalue weighted by molar-refractivity contribution is 5.74. The molecule has 4 N–H and O–H groups in total. The monoisotopic (exact) mass is 242 g/mol. The van der Waals surface area contributed by atoms with Crippen LogP contribution in [-0.2, 0) is 0 Å². The zero-order chi connectivity index (χ0) is 12.7. The van der Waals surface area contributed by atoms with Gasteiger partial charge in [-0.1, -0.05) is 6.08 Å². The van der Waals surface area contributed by atoms with Crippen molar-refractivity contribution in [1.82, 2.24) is 9.97 Å². The largest absolute Gasteiger partial charge is 0.399 e. The molecule has 0 saturated carbocycles. The maximum absolute atomic E-state index is 11.4. The van der Waals surface area contributed by atoms with Gasteiger partial charge in [-0.3, -0.25) is 4.98 Å². The molecule has 1 aliphatic heterocycles. The Morgan fingerprint density at radius 3 is 2.67 bits per heavy atom. The number of nitrogens with two attached hydrogens (primary N) is 1. The first-order chi connectivity index (χ1) is 8.65. The lowest BCUT2D eigenvalue weighted by Gasteiger charge is -2.31. The Labute approximate surface area is 104 Å². The van der Waals surface area contributed by atoms with Crippen molar-refractivity contribution in [3.63, 3.8) is 0 Å². The number of rotatable bonds is 1. The van der Waals surface area contributed by atoms with Crippen LogP contribution >= 0.6 is 0 Å². The number of nitrogens with one attached hydrogen (secondary N) is 2. The van der Waals surface area contributed by atoms with E-state index in [1.165, 1.54) is 0 Å². The van der Waals surface area contributed by atoms with Crippen LogP contribution in [0.15, 0.2) is 35.1 Å². The van der Waals surface area contributed by atoms with E-state index < -0.39 is 0 Å². The molecule has 5 heteroatoms. The SMILES string of the molecule is CC1C=Cc2[nH]c(=O)[nH]c2N1c1ccc(N)cc1. The summed E-state index contributed by atoms with van der Waals surface area (Å²) >= 11 is 0. The van der Waals surface area contributed by atoms with Crippen LogP contribution in [0.1, 0.15) is 12.6 Å². The van der Waals surface area contributed by atoms with Gasteiger partial charge < -0.3 is 15.6 Å². The zero-order valence-corrected chi connectivity index (χ0v) is 9.97.